The second kappa shape index (κ2) is 42.9. The molecule has 8 heterocycles. The van der Waals surface area contributed by atoms with E-state index in [2.05, 4.69) is 46.3 Å². The van der Waals surface area contributed by atoms with Gasteiger partial charge in [-0.1, -0.05) is 102 Å². The Bertz CT molecular complexity index is 5050. The first kappa shape index (κ1) is 89.4. The van der Waals surface area contributed by atoms with Gasteiger partial charge in [0, 0.05) is 149 Å². The van der Waals surface area contributed by atoms with Crippen molar-refractivity contribution in [3.63, 3.8) is 0 Å². The predicted octanol–water partition coefficient (Wildman–Crippen LogP) is 14.2. The van der Waals surface area contributed by atoms with E-state index in [4.69, 9.17) is 10.2 Å². The first-order valence-electron chi connectivity index (χ1n) is 39.3. The van der Waals surface area contributed by atoms with Gasteiger partial charge in [0.25, 0.3) is 11.1 Å². The zero-order valence-corrected chi connectivity index (χ0v) is 66.1. The molecule has 2 aliphatic heterocycles. The van der Waals surface area contributed by atoms with E-state index in [-0.39, 0.29) is 116 Å². The monoisotopic (exact) mass is 1630 g/mol. The van der Waals surface area contributed by atoms with E-state index in [1.165, 1.54) is 12.1 Å². The van der Waals surface area contributed by atoms with E-state index in [0.29, 0.717) is 106 Å². The number of rotatable bonds is 35. The minimum atomic E-state index is -4.70. The highest BCUT2D eigenvalue weighted by Gasteiger charge is 2.33. The summed E-state index contributed by atoms with van der Waals surface area (Å²) in [4.78, 5) is 133. The van der Waals surface area contributed by atoms with Gasteiger partial charge in [-0.2, -0.15) is 46.7 Å². The van der Waals surface area contributed by atoms with Gasteiger partial charge in [-0.25, -0.2) is 14.2 Å². The number of hydrogen-bond donors (Lipinski definition) is 5. The molecule has 0 spiro atoms. The second-order valence-corrected chi connectivity index (χ2v) is 28.0. The number of anilines is 1. The lowest BCUT2D eigenvalue weighted by Gasteiger charge is -2.17. The smallest absolute Gasteiger partial charge is 0.408 e. The summed E-state index contributed by atoms with van der Waals surface area (Å²) < 4.78 is 86.1. The van der Waals surface area contributed by atoms with Gasteiger partial charge in [-0.15, -0.1) is 0 Å². The standard InChI is InChI=1S/C41H42F3N7O6.C40H41F3N8O6.2C2H6/c42-41(43,44)26-51-40(57)34(21-35(48-51)28-7-5-27(6-8-28)19-38(54)49-24-30-15-17-45-22-32(30)25-49)29-9-12-36-31(20-29)23-47-50(36)18-4-2-1-3-16-46-37(53)13-10-33(52)11-14-39(55)56;41-40(42,43)25-51-38(56)33(20-35(48-51)26-5-8-31(9-6-26)46-39(57)49-22-28-15-17-44-21-30(28)23-49)27-7-12-34-29(19-27)24-50(47-34)18-4-2-1-3-16-45-36(53)13-10-32(52)11-14-37(54)55;2*1-2/h5-9,12,15,17,20-23H,1-4,10-11,13-14,16,18-19,24-26H2,(H,46,53)(H,55,56);5-9,12,15,17,19-21,24H,1-4,10-11,13-14,16,18,22-23,25H2,(H,45,53)(H,46,57)(H,54,55);2*1-2H3. The fraction of sp³-hybridized carbons (Fsp3) is 0.388. The zero-order valence-electron chi connectivity index (χ0n) is 66.1. The van der Waals surface area contributed by atoms with Crippen molar-refractivity contribution >= 4 is 74.8 Å². The maximum Gasteiger partial charge on any atom is 0.408 e. The number of urea groups is 1. The molecule has 6 aromatic heterocycles. The van der Waals surface area contributed by atoms with Gasteiger partial charge < -0.3 is 36.0 Å². The van der Waals surface area contributed by atoms with Crippen LogP contribution in [0.3, 0.4) is 0 Å². The SMILES string of the molecule is CC.CC.O=C(O)CCC(=O)CCC(=O)NCCCCCCn1cc2cc(-c3cc(-c4ccc(NC(=O)N5Cc6ccncc6C5)cc4)nn(CC(F)(F)F)c3=O)ccc2n1.O=C(O)CCC(=O)CCC(=O)NCCCCCCn1ncc2cc(-c3cc(-c4ccc(CC(=O)N5Cc6ccncc6C5)cc4)nn(CC(F)(F)F)c3=O)ccc21. The van der Waals surface area contributed by atoms with Crippen LogP contribution in [0.15, 0.2) is 156 Å². The maximum absolute atomic E-state index is 13.6. The Labute approximate surface area is 675 Å². The number of hydrogen-bond acceptors (Lipinski definition) is 16. The van der Waals surface area contributed by atoms with Gasteiger partial charge in [0.1, 0.15) is 24.7 Å². The Morgan fingerprint density at radius 3 is 1.43 bits per heavy atom. The fourth-order valence-electron chi connectivity index (χ4n) is 13.3. The number of amides is 5. The number of carbonyl (C=O) groups excluding carboxylic acids is 6. The number of Topliss-reactive ketones (excluding diaryl/α,β-unsaturated/α-hetero) is 2. The number of unbranched alkanes of at least 4 members (excludes halogenated alkanes) is 6. The highest BCUT2D eigenvalue weighted by atomic mass is 19.4. The van der Waals surface area contributed by atoms with Gasteiger partial charge in [-0.05, 0) is 125 Å². The number of pyridine rings is 2. The molecule has 5 amide bonds. The molecule has 0 saturated carbocycles. The minimum absolute atomic E-state index is 0.0187. The molecule has 0 atom stereocenters. The van der Waals surface area contributed by atoms with Crippen molar-refractivity contribution in [2.75, 3.05) is 18.4 Å². The number of halogens is 6. The fourth-order valence-corrected chi connectivity index (χ4v) is 13.3. The number of carboxylic acids is 2. The number of fused-ring (bicyclic) bond motifs is 4. The molecule has 118 heavy (non-hydrogen) atoms. The van der Waals surface area contributed by atoms with Crippen molar-refractivity contribution < 1.29 is 74.9 Å². The lowest BCUT2D eigenvalue weighted by atomic mass is 10.0. The van der Waals surface area contributed by atoms with Gasteiger partial charge in [0.15, 0.2) is 0 Å². The lowest BCUT2D eigenvalue weighted by Crippen LogP contribution is -2.31. The van der Waals surface area contributed by atoms with Crippen molar-refractivity contribution in [1.29, 1.82) is 0 Å². The van der Waals surface area contributed by atoms with Crippen LogP contribution < -0.4 is 27.1 Å². The third kappa shape index (κ3) is 26.5. The van der Waals surface area contributed by atoms with Crippen LogP contribution in [0.25, 0.3) is 66.6 Å². The molecule has 0 unspecified atom stereocenters. The average molecular weight is 1630 g/mol. The molecule has 12 rings (SSSR count). The molecule has 0 aliphatic carbocycles. The van der Waals surface area contributed by atoms with Crippen molar-refractivity contribution in [1.82, 2.24) is 69.5 Å². The molecule has 5 N–H and O–H groups in total. The summed E-state index contributed by atoms with van der Waals surface area (Å²) in [5, 5.41) is 44.3. The van der Waals surface area contributed by atoms with E-state index in [1.54, 1.807) is 130 Å². The summed E-state index contributed by atoms with van der Waals surface area (Å²) in [5.74, 6) is -3.15. The van der Waals surface area contributed by atoms with E-state index < -0.39 is 48.5 Å². The van der Waals surface area contributed by atoms with Crippen molar-refractivity contribution in [2.45, 2.75) is 202 Å². The first-order chi connectivity index (χ1) is 56.6. The Hall–Kier alpha value is -12.6. The Kier molecular flexibility index (Phi) is 32.5. The second-order valence-electron chi connectivity index (χ2n) is 28.0. The third-order valence-electron chi connectivity index (χ3n) is 19.3. The Balaban J connectivity index is 0.000000258. The topological polar surface area (TPSA) is 351 Å². The number of benzene rings is 4. The van der Waals surface area contributed by atoms with Crippen LogP contribution in [0, 0.1) is 0 Å². The number of ketones is 2. The molecule has 4 aromatic carbocycles. The molecule has 0 fully saturated rings. The van der Waals surface area contributed by atoms with Crippen molar-refractivity contribution in [2.24, 2.45) is 0 Å². The van der Waals surface area contributed by atoms with Crippen LogP contribution in [-0.2, 0) is 92.3 Å². The molecule has 0 saturated heterocycles. The van der Waals surface area contributed by atoms with Crippen LogP contribution in [0.2, 0.25) is 0 Å². The van der Waals surface area contributed by atoms with E-state index in [1.807, 2.05) is 50.7 Å². The number of carbonyl (C=O) groups is 8. The zero-order chi connectivity index (χ0) is 85.1. The first-order valence-corrected chi connectivity index (χ1v) is 39.3. The summed E-state index contributed by atoms with van der Waals surface area (Å²) in [6.07, 6.45) is 7.08. The molecular formula is C85H95F6N15O12. The van der Waals surface area contributed by atoms with Crippen LogP contribution in [0.1, 0.15) is 158 Å². The van der Waals surface area contributed by atoms with E-state index in [9.17, 15) is 74.3 Å². The van der Waals surface area contributed by atoms with Gasteiger partial charge in [-0.3, -0.25) is 62.5 Å². The number of aryl methyl sites for hydroxylation is 2. The Morgan fingerprint density at radius 2 is 0.915 bits per heavy atom. The quantitative estimate of drug-likeness (QED) is 0.0182. The summed E-state index contributed by atoms with van der Waals surface area (Å²) in [6.45, 7) is 8.88. The highest BCUT2D eigenvalue weighted by molar-refractivity contribution is 5.91. The predicted molar refractivity (Wildman–Crippen MR) is 430 cm³/mol. The molecule has 0 bridgehead atoms. The Morgan fingerprint density at radius 1 is 0.458 bits per heavy atom. The number of aromatic nitrogens is 10. The van der Waals surface area contributed by atoms with Crippen LogP contribution >= 0.6 is 0 Å². The minimum Gasteiger partial charge on any atom is -0.481 e. The number of nitrogens with zero attached hydrogens (tertiary/aromatic N) is 12. The molecule has 624 valence electrons. The van der Waals surface area contributed by atoms with E-state index >= 15 is 0 Å². The summed E-state index contributed by atoms with van der Waals surface area (Å²) in [7, 11) is 0. The number of nitrogens with one attached hydrogen (secondary N) is 3. The van der Waals surface area contributed by atoms with Crippen LogP contribution in [0.5, 0.6) is 0 Å². The largest absolute Gasteiger partial charge is 0.481 e. The molecule has 0 radical (unpaired) electrons. The highest BCUT2D eigenvalue weighted by Crippen LogP contribution is 2.32. The van der Waals surface area contributed by atoms with Crippen LogP contribution in [-0.4, -0.2) is 142 Å². The summed E-state index contributed by atoms with van der Waals surface area (Å²) in [6, 6.07) is 30.0. The summed E-state index contributed by atoms with van der Waals surface area (Å²) in [5.41, 5.74) is 7.12. The number of carboxylic acid groups (broad SMARTS) is 2. The molecule has 33 heteroatoms. The van der Waals surface area contributed by atoms with Gasteiger partial charge in [0.2, 0.25) is 17.7 Å². The summed E-state index contributed by atoms with van der Waals surface area (Å²) >= 11 is 0. The lowest BCUT2D eigenvalue weighted by molar-refractivity contribution is -0.144. The van der Waals surface area contributed by atoms with Gasteiger partial charge in [0.05, 0.1) is 59.0 Å². The molecule has 2 aliphatic rings. The van der Waals surface area contributed by atoms with Crippen molar-refractivity contribution in [3.05, 3.63) is 195 Å². The van der Waals surface area contributed by atoms with Crippen LogP contribution in [0.4, 0.5) is 36.8 Å². The molecule has 27 nitrogen and oxygen atoms in total. The number of aliphatic carboxylic acids is 2. The molecule has 10 aromatic rings. The third-order valence-corrected chi connectivity index (χ3v) is 19.3. The average Bonchev–Trinajstić information content (AvgIpc) is 1.66. The number of alkyl halides is 6. The van der Waals surface area contributed by atoms with Gasteiger partial charge >= 0.3 is 30.3 Å². The maximum atomic E-state index is 13.6. The van der Waals surface area contributed by atoms with Crippen molar-refractivity contribution in [3.8, 4) is 44.8 Å². The normalized spacial score (nSPS) is 12.2. The molecular weight excluding hydrogens is 1540 g/mol. The van der Waals surface area contributed by atoms with E-state index in [0.717, 1.165) is 84.7 Å².